The normalized spacial score (nSPS) is 11.3. The van der Waals surface area contributed by atoms with E-state index >= 15 is 0 Å². The number of rotatable bonds is 3. The van der Waals surface area contributed by atoms with Crippen molar-refractivity contribution in [2.24, 2.45) is 0 Å². The van der Waals surface area contributed by atoms with Crippen LogP contribution < -0.4 is 0 Å². The number of nitro groups is 1. The first-order valence-electron chi connectivity index (χ1n) is 6.10. The first-order valence-corrected chi connectivity index (χ1v) is 7.30. The van der Waals surface area contributed by atoms with Crippen LogP contribution >= 0.6 is 22.9 Å². The maximum atomic E-state index is 10.7. The van der Waals surface area contributed by atoms with Gasteiger partial charge < -0.3 is 0 Å². The predicted molar refractivity (Wildman–Crippen MR) is 86.7 cm³/mol. The highest BCUT2D eigenvalue weighted by molar-refractivity contribution is 7.19. The minimum atomic E-state index is -0.415. The number of aromatic nitrogens is 1. The van der Waals surface area contributed by atoms with Crippen LogP contribution in [0.3, 0.4) is 0 Å². The van der Waals surface area contributed by atoms with Gasteiger partial charge in [0, 0.05) is 17.2 Å². The van der Waals surface area contributed by atoms with E-state index in [1.54, 1.807) is 6.07 Å². The molecule has 0 unspecified atom stereocenters. The summed E-state index contributed by atoms with van der Waals surface area (Å²) >= 11 is 7.33. The van der Waals surface area contributed by atoms with Crippen molar-refractivity contribution in [2.45, 2.75) is 0 Å². The Kier molecular flexibility index (Phi) is 3.68. The van der Waals surface area contributed by atoms with Crippen LogP contribution in [0.25, 0.3) is 22.4 Å². The lowest BCUT2D eigenvalue weighted by Crippen LogP contribution is -1.86. The molecule has 6 heteroatoms. The van der Waals surface area contributed by atoms with Crippen molar-refractivity contribution in [3.8, 4) is 0 Å². The van der Waals surface area contributed by atoms with E-state index in [-0.39, 0.29) is 5.69 Å². The van der Waals surface area contributed by atoms with Gasteiger partial charge in [-0.25, -0.2) is 4.98 Å². The fourth-order valence-corrected chi connectivity index (χ4v) is 2.84. The summed E-state index contributed by atoms with van der Waals surface area (Å²) < 4.78 is 0.927. The lowest BCUT2D eigenvalue weighted by atomic mass is 10.2. The fourth-order valence-electron chi connectivity index (χ4n) is 1.86. The van der Waals surface area contributed by atoms with Gasteiger partial charge in [0.2, 0.25) is 0 Å². The Labute approximate surface area is 129 Å². The van der Waals surface area contributed by atoms with E-state index in [0.717, 1.165) is 15.3 Å². The summed E-state index contributed by atoms with van der Waals surface area (Å²) in [5, 5.41) is 12.2. The second-order valence-electron chi connectivity index (χ2n) is 4.35. The van der Waals surface area contributed by atoms with Crippen LogP contribution in [0.2, 0.25) is 5.02 Å². The van der Waals surface area contributed by atoms with Crippen LogP contribution in [0.15, 0.2) is 42.5 Å². The third-order valence-electron chi connectivity index (χ3n) is 2.89. The predicted octanol–water partition coefficient (Wildman–Crippen LogP) is 5.03. The molecule has 104 valence electrons. The van der Waals surface area contributed by atoms with E-state index in [1.807, 2.05) is 36.4 Å². The molecule has 3 rings (SSSR count). The highest BCUT2D eigenvalue weighted by Crippen LogP contribution is 2.27. The minimum absolute atomic E-state index is 0.0565. The Bertz CT molecular complexity index is 841. The number of non-ortho nitro benzene ring substituents is 1. The van der Waals surface area contributed by atoms with E-state index < -0.39 is 4.92 Å². The Morgan fingerprint density at radius 3 is 2.62 bits per heavy atom. The van der Waals surface area contributed by atoms with E-state index in [1.165, 1.54) is 23.5 Å². The molecule has 0 saturated heterocycles. The summed E-state index contributed by atoms with van der Waals surface area (Å²) in [5.41, 5.74) is 1.72. The molecule has 0 fully saturated rings. The lowest BCUT2D eigenvalue weighted by molar-refractivity contribution is -0.384. The SMILES string of the molecule is O=[N+]([O-])c1ccc2sc(/C=C/c3ccc(Cl)cc3)nc2c1. The molecule has 1 aromatic heterocycles. The third kappa shape index (κ3) is 3.09. The molecule has 0 N–H and O–H groups in total. The van der Waals surface area contributed by atoms with Crippen molar-refractivity contribution in [1.82, 2.24) is 4.98 Å². The molecule has 0 radical (unpaired) electrons. The second kappa shape index (κ2) is 5.63. The Morgan fingerprint density at radius 1 is 1.14 bits per heavy atom. The zero-order chi connectivity index (χ0) is 14.8. The number of fused-ring (bicyclic) bond motifs is 1. The summed E-state index contributed by atoms with van der Waals surface area (Å²) in [6.07, 6.45) is 3.82. The molecule has 0 bridgehead atoms. The number of thiazole rings is 1. The molecule has 21 heavy (non-hydrogen) atoms. The van der Waals surface area contributed by atoms with Gasteiger partial charge in [-0.05, 0) is 29.8 Å². The van der Waals surface area contributed by atoms with Gasteiger partial charge in [-0.1, -0.05) is 29.8 Å². The summed E-state index contributed by atoms with van der Waals surface area (Å²) in [6, 6.07) is 12.2. The molecule has 0 atom stereocenters. The Hall–Kier alpha value is -2.24. The van der Waals surface area contributed by atoms with E-state index in [2.05, 4.69) is 4.98 Å². The summed E-state index contributed by atoms with van der Waals surface area (Å²) in [5.74, 6) is 0. The van der Waals surface area contributed by atoms with Crippen LogP contribution in [0.4, 0.5) is 5.69 Å². The number of halogens is 1. The van der Waals surface area contributed by atoms with Crippen LogP contribution in [0.5, 0.6) is 0 Å². The quantitative estimate of drug-likeness (QED) is 0.503. The van der Waals surface area contributed by atoms with Crippen LogP contribution in [0, 0.1) is 10.1 Å². The molecule has 1 heterocycles. The zero-order valence-electron chi connectivity index (χ0n) is 10.7. The molecule has 0 amide bonds. The molecular formula is C15H9ClN2O2S. The first kappa shape index (κ1) is 13.7. The number of nitrogens with zero attached hydrogens (tertiary/aromatic N) is 2. The van der Waals surface area contributed by atoms with Crippen molar-refractivity contribution in [1.29, 1.82) is 0 Å². The van der Waals surface area contributed by atoms with E-state index in [4.69, 9.17) is 11.6 Å². The first-order chi connectivity index (χ1) is 10.1. The number of hydrogen-bond donors (Lipinski definition) is 0. The highest BCUT2D eigenvalue weighted by atomic mass is 35.5. The van der Waals surface area contributed by atoms with Gasteiger partial charge in [0.05, 0.1) is 15.1 Å². The number of benzene rings is 2. The van der Waals surface area contributed by atoms with Gasteiger partial charge in [0.1, 0.15) is 5.01 Å². The largest absolute Gasteiger partial charge is 0.271 e. The summed E-state index contributed by atoms with van der Waals surface area (Å²) in [6.45, 7) is 0. The van der Waals surface area contributed by atoms with E-state index in [0.29, 0.717) is 10.5 Å². The van der Waals surface area contributed by atoms with Gasteiger partial charge in [-0.3, -0.25) is 10.1 Å². The van der Waals surface area contributed by atoms with Crippen molar-refractivity contribution in [3.05, 3.63) is 68.2 Å². The van der Waals surface area contributed by atoms with Gasteiger partial charge in [0.25, 0.3) is 5.69 Å². The molecule has 0 aliphatic heterocycles. The average molecular weight is 317 g/mol. The number of hydrogen-bond acceptors (Lipinski definition) is 4. The molecule has 4 nitrogen and oxygen atoms in total. The standard InChI is InChI=1S/C15H9ClN2O2S/c16-11-4-1-10(2-5-11)3-8-15-17-13-9-12(18(19)20)6-7-14(13)21-15/h1-9H/b8-3+. The van der Waals surface area contributed by atoms with Crippen molar-refractivity contribution >= 4 is 51.0 Å². The molecule has 0 aliphatic rings. The van der Waals surface area contributed by atoms with Crippen LogP contribution in [0.1, 0.15) is 10.6 Å². The van der Waals surface area contributed by atoms with E-state index in [9.17, 15) is 10.1 Å². The van der Waals surface area contributed by atoms with Gasteiger partial charge in [-0.15, -0.1) is 11.3 Å². The maximum Gasteiger partial charge on any atom is 0.271 e. The van der Waals surface area contributed by atoms with Gasteiger partial charge in [0.15, 0.2) is 0 Å². The Morgan fingerprint density at radius 2 is 1.90 bits per heavy atom. The molecule has 0 spiro atoms. The average Bonchev–Trinajstić information content (AvgIpc) is 2.88. The maximum absolute atomic E-state index is 10.7. The van der Waals surface area contributed by atoms with Gasteiger partial charge >= 0.3 is 0 Å². The molecule has 0 saturated carbocycles. The molecular weight excluding hydrogens is 308 g/mol. The second-order valence-corrected chi connectivity index (χ2v) is 5.84. The molecule has 2 aromatic carbocycles. The smallest absolute Gasteiger partial charge is 0.258 e. The van der Waals surface area contributed by atoms with Crippen molar-refractivity contribution < 1.29 is 4.92 Å². The number of nitro benzene ring substituents is 1. The molecule has 3 aromatic rings. The van der Waals surface area contributed by atoms with Crippen LogP contribution in [-0.4, -0.2) is 9.91 Å². The highest BCUT2D eigenvalue weighted by Gasteiger charge is 2.09. The molecule has 0 aliphatic carbocycles. The monoisotopic (exact) mass is 316 g/mol. The fraction of sp³-hybridized carbons (Fsp3) is 0. The summed E-state index contributed by atoms with van der Waals surface area (Å²) in [7, 11) is 0. The Balaban J connectivity index is 1.90. The van der Waals surface area contributed by atoms with Crippen LogP contribution in [-0.2, 0) is 0 Å². The topological polar surface area (TPSA) is 56.0 Å². The van der Waals surface area contributed by atoms with Gasteiger partial charge in [-0.2, -0.15) is 0 Å². The third-order valence-corrected chi connectivity index (χ3v) is 4.14. The van der Waals surface area contributed by atoms with Crippen molar-refractivity contribution in [2.75, 3.05) is 0 Å². The summed E-state index contributed by atoms with van der Waals surface area (Å²) in [4.78, 5) is 14.7. The minimum Gasteiger partial charge on any atom is -0.258 e. The lowest BCUT2D eigenvalue weighted by Gasteiger charge is -1.92. The zero-order valence-corrected chi connectivity index (χ0v) is 12.3. The van der Waals surface area contributed by atoms with Crippen molar-refractivity contribution in [3.63, 3.8) is 0 Å².